The van der Waals surface area contributed by atoms with Gasteiger partial charge in [0, 0.05) is 0 Å². The number of hydrogen-bond donors (Lipinski definition) is 1. The van der Waals surface area contributed by atoms with Crippen LogP contribution in [0.4, 0.5) is 0 Å². The smallest absolute Gasteiger partial charge is 0.167 e. The summed E-state index contributed by atoms with van der Waals surface area (Å²) in [6.07, 6.45) is 0.797. The fraction of sp³-hybridized carbons (Fsp3) is 0.417. The maximum Gasteiger partial charge on any atom is 0.167 e. The zero-order chi connectivity index (χ0) is 11.4. The first-order valence-corrected chi connectivity index (χ1v) is 5.09. The molecule has 0 aliphatic rings. The van der Waals surface area contributed by atoms with Crippen LogP contribution >= 0.6 is 0 Å². The van der Waals surface area contributed by atoms with Crippen molar-refractivity contribution in [1.82, 2.24) is 0 Å². The van der Waals surface area contributed by atoms with Crippen LogP contribution in [-0.4, -0.2) is 17.5 Å². The zero-order valence-electron chi connectivity index (χ0n) is 9.33. The lowest BCUT2D eigenvalue weighted by atomic mass is 10.0. The molecule has 0 unspecified atom stereocenters. The van der Waals surface area contributed by atoms with Crippen molar-refractivity contribution < 1.29 is 14.6 Å². The highest BCUT2D eigenvalue weighted by molar-refractivity contribution is 5.99. The maximum atomic E-state index is 11.3. The minimum Gasteiger partial charge on any atom is -0.507 e. The van der Waals surface area contributed by atoms with Gasteiger partial charge in [-0.05, 0) is 38.0 Å². The van der Waals surface area contributed by atoms with Gasteiger partial charge in [0.05, 0.1) is 6.61 Å². The summed E-state index contributed by atoms with van der Waals surface area (Å²) in [4.78, 5) is 11.3. The number of aryl methyl sites for hydroxylation is 1. The molecule has 0 bridgehead atoms. The summed E-state index contributed by atoms with van der Waals surface area (Å²) in [6, 6.07) is 3.42. The molecule has 1 aromatic carbocycles. The number of ketones is 1. The molecule has 0 aliphatic heterocycles. The molecule has 15 heavy (non-hydrogen) atoms. The summed E-state index contributed by atoms with van der Waals surface area (Å²) in [5.41, 5.74) is 1.23. The third kappa shape index (κ3) is 2.49. The monoisotopic (exact) mass is 208 g/mol. The van der Waals surface area contributed by atoms with Crippen LogP contribution in [0, 0.1) is 0 Å². The van der Waals surface area contributed by atoms with E-state index < -0.39 is 0 Å². The summed E-state index contributed by atoms with van der Waals surface area (Å²) >= 11 is 0. The van der Waals surface area contributed by atoms with Gasteiger partial charge in [-0.25, -0.2) is 0 Å². The van der Waals surface area contributed by atoms with E-state index in [4.69, 9.17) is 4.74 Å². The molecule has 0 fully saturated rings. The van der Waals surface area contributed by atoms with Crippen molar-refractivity contribution in [2.45, 2.75) is 27.2 Å². The Kier molecular flexibility index (Phi) is 3.72. The molecule has 3 heteroatoms. The minimum absolute atomic E-state index is 0.00491. The normalized spacial score (nSPS) is 10.1. The van der Waals surface area contributed by atoms with Crippen LogP contribution < -0.4 is 4.74 Å². The molecule has 0 atom stereocenters. The summed E-state index contributed by atoms with van der Waals surface area (Å²) in [5, 5.41) is 9.70. The first-order chi connectivity index (χ1) is 7.10. The largest absolute Gasteiger partial charge is 0.507 e. The van der Waals surface area contributed by atoms with Gasteiger partial charge in [-0.3, -0.25) is 4.79 Å². The fourth-order valence-corrected chi connectivity index (χ4v) is 1.48. The summed E-state index contributed by atoms with van der Waals surface area (Å²) in [7, 11) is 0. The van der Waals surface area contributed by atoms with Crippen molar-refractivity contribution in [3.63, 3.8) is 0 Å². The van der Waals surface area contributed by atoms with E-state index >= 15 is 0 Å². The Hall–Kier alpha value is -1.51. The van der Waals surface area contributed by atoms with Crippen molar-refractivity contribution in [2.75, 3.05) is 6.61 Å². The van der Waals surface area contributed by atoms with E-state index in [0.717, 1.165) is 12.0 Å². The van der Waals surface area contributed by atoms with Crippen molar-refractivity contribution in [1.29, 1.82) is 0 Å². The second-order valence-electron chi connectivity index (χ2n) is 3.33. The molecule has 0 saturated carbocycles. The summed E-state index contributed by atoms with van der Waals surface area (Å²) in [6.45, 7) is 5.73. The number of phenols is 1. The Bertz CT molecular complexity index is 369. The highest BCUT2D eigenvalue weighted by Gasteiger charge is 2.14. The lowest BCUT2D eigenvalue weighted by Crippen LogP contribution is -2.02. The van der Waals surface area contributed by atoms with Crippen LogP contribution in [0.2, 0.25) is 0 Å². The van der Waals surface area contributed by atoms with E-state index in [-0.39, 0.29) is 17.1 Å². The number of carbonyl (C=O) groups is 1. The molecule has 0 radical (unpaired) electrons. The number of rotatable bonds is 4. The van der Waals surface area contributed by atoms with Gasteiger partial charge in [-0.1, -0.05) is 6.92 Å². The Morgan fingerprint density at radius 2 is 2.07 bits per heavy atom. The van der Waals surface area contributed by atoms with Crippen LogP contribution in [0.5, 0.6) is 11.5 Å². The number of phenolic OH excluding ortho intramolecular Hbond substituents is 1. The molecule has 82 valence electrons. The highest BCUT2D eigenvalue weighted by Crippen LogP contribution is 2.30. The predicted octanol–water partition coefficient (Wildman–Crippen LogP) is 2.56. The van der Waals surface area contributed by atoms with E-state index in [1.54, 1.807) is 12.1 Å². The third-order valence-electron chi connectivity index (χ3n) is 2.20. The van der Waals surface area contributed by atoms with Crippen molar-refractivity contribution in [3.05, 3.63) is 23.3 Å². The van der Waals surface area contributed by atoms with Crippen molar-refractivity contribution in [2.24, 2.45) is 0 Å². The molecule has 1 N–H and O–H groups in total. The number of carbonyl (C=O) groups excluding carboxylic acids is 1. The number of hydrogen-bond acceptors (Lipinski definition) is 3. The zero-order valence-corrected chi connectivity index (χ0v) is 9.33. The SMILES string of the molecule is CCOc1cc(CC)cc(O)c1C(C)=O. The molecule has 0 aliphatic carbocycles. The van der Waals surface area contributed by atoms with Gasteiger partial charge in [0.25, 0.3) is 0 Å². The quantitative estimate of drug-likeness (QED) is 0.773. The number of aromatic hydroxyl groups is 1. The van der Waals surface area contributed by atoms with E-state index in [0.29, 0.717) is 12.4 Å². The summed E-state index contributed by atoms with van der Waals surface area (Å²) in [5.74, 6) is 0.297. The van der Waals surface area contributed by atoms with Gasteiger partial charge < -0.3 is 9.84 Å². The van der Waals surface area contributed by atoms with Crippen LogP contribution in [0.25, 0.3) is 0 Å². The molecule has 1 rings (SSSR count). The van der Waals surface area contributed by atoms with Crippen LogP contribution in [-0.2, 0) is 6.42 Å². The van der Waals surface area contributed by atoms with Gasteiger partial charge >= 0.3 is 0 Å². The van der Waals surface area contributed by atoms with E-state index in [1.807, 2.05) is 13.8 Å². The van der Waals surface area contributed by atoms with Gasteiger partial charge in [0.15, 0.2) is 5.78 Å². The van der Waals surface area contributed by atoms with E-state index in [9.17, 15) is 9.90 Å². The first kappa shape index (κ1) is 11.6. The molecule has 1 aromatic rings. The van der Waals surface area contributed by atoms with Gasteiger partial charge in [-0.15, -0.1) is 0 Å². The second kappa shape index (κ2) is 4.82. The Labute approximate surface area is 89.7 Å². The lowest BCUT2D eigenvalue weighted by Gasteiger charge is -2.11. The molecule has 0 amide bonds. The Morgan fingerprint density at radius 1 is 1.40 bits per heavy atom. The maximum absolute atomic E-state index is 11.3. The van der Waals surface area contributed by atoms with Gasteiger partial charge in [-0.2, -0.15) is 0 Å². The topological polar surface area (TPSA) is 46.5 Å². The average molecular weight is 208 g/mol. The summed E-state index contributed by atoms with van der Waals surface area (Å²) < 4.78 is 5.34. The molecule has 0 spiro atoms. The minimum atomic E-state index is -0.182. The first-order valence-electron chi connectivity index (χ1n) is 5.09. The Balaban J connectivity index is 3.28. The van der Waals surface area contributed by atoms with Crippen LogP contribution in [0.1, 0.15) is 36.7 Å². The molecule has 0 heterocycles. The lowest BCUT2D eigenvalue weighted by molar-refractivity contribution is 0.101. The molecule has 0 aromatic heterocycles. The van der Waals surface area contributed by atoms with Crippen LogP contribution in [0.15, 0.2) is 12.1 Å². The fourth-order valence-electron chi connectivity index (χ4n) is 1.48. The van der Waals surface area contributed by atoms with Crippen molar-refractivity contribution >= 4 is 5.78 Å². The Morgan fingerprint density at radius 3 is 2.53 bits per heavy atom. The molecular weight excluding hydrogens is 192 g/mol. The molecular formula is C12H16O3. The van der Waals surface area contributed by atoms with Crippen molar-refractivity contribution in [3.8, 4) is 11.5 Å². The third-order valence-corrected chi connectivity index (χ3v) is 2.20. The number of Topliss-reactive ketones (excluding diaryl/α,β-unsaturated/α-hetero) is 1. The second-order valence-corrected chi connectivity index (χ2v) is 3.33. The van der Waals surface area contributed by atoms with E-state index in [2.05, 4.69) is 0 Å². The standard InChI is InChI=1S/C12H16O3/c1-4-9-6-10(14)12(8(3)13)11(7-9)15-5-2/h6-7,14H,4-5H2,1-3H3. The molecule has 3 nitrogen and oxygen atoms in total. The van der Waals surface area contributed by atoms with E-state index in [1.165, 1.54) is 6.92 Å². The number of ether oxygens (including phenoxy) is 1. The van der Waals surface area contributed by atoms with Gasteiger partial charge in [0.1, 0.15) is 17.1 Å². The number of benzene rings is 1. The molecule has 0 saturated heterocycles. The highest BCUT2D eigenvalue weighted by atomic mass is 16.5. The predicted molar refractivity (Wildman–Crippen MR) is 58.7 cm³/mol. The van der Waals surface area contributed by atoms with Gasteiger partial charge in [0.2, 0.25) is 0 Å². The average Bonchev–Trinajstić information content (AvgIpc) is 2.16. The van der Waals surface area contributed by atoms with Crippen LogP contribution in [0.3, 0.4) is 0 Å².